The number of Topliss-reactive ketones (excluding diaryl/α,β-unsaturated/α-hetero) is 1. The standard InChI is InChI=1S/C8H16N2O2/c1-7(11)6-8(12)10(3)5-4-9-2/h9H,4-6H2,1-3H3. The molecular weight excluding hydrogens is 156 g/mol. The Morgan fingerprint density at radius 2 is 2.00 bits per heavy atom. The molecule has 4 heteroatoms. The number of carbonyl (C=O) groups excluding carboxylic acids is 2. The van der Waals surface area contributed by atoms with Crippen LogP contribution in [0.3, 0.4) is 0 Å². The van der Waals surface area contributed by atoms with E-state index in [0.717, 1.165) is 6.54 Å². The summed E-state index contributed by atoms with van der Waals surface area (Å²) in [7, 11) is 3.52. The van der Waals surface area contributed by atoms with Crippen LogP contribution in [0, 0.1) is 0 Å². The molecule has 0 radical (unpaired) electrons. The number of nitrogens with zero attached hydrogens (tertiary/aromatic N) is 1. The Balaban J connectivity index is 3.69. The maximum absolute atomic E-state index is 11.1. The summed E-state index contributed by atoms with van der Waals surface area (Å²) in [4.78, 5) is 23.3. The maximum atomic E-state index is 11.1. The fourth-order valence-corrected chi connectivity index (χ4v) is 0.752. The molecule has 0 fully saturated rings. The number of ketones is 1. The van der Waals surface area contributed by atoms with Crippen LogP contribution in [0.1, 0.15) is 13.3 Å². The number of hydrogen-bond acceptors (Lipinski definition) is 3. The maximum Gasteiger partial charge on any atom is 0.229 e. The molecule has 0 aliphatic heterocycles. The first-order chi connectivity index (χ1) is 5.57. The second kappa shape index (κ2) is 5.71. The molecule has 12 heavy (non-hydrogen) atoms. The molecule has 0 aliphatic carbocycles. The molecule has 0 spiro atoms. The molecule has 4 nitrogen and oxygen atoms in total. The summed E-state index contributed by atoms with van der Waals surface area (Å²) in [6.07, 6.45) is 0.0141. The van der Waals surface area contributed by atoms with E-state index in [4.69, 9.17) is 0 Å². The van der Waals surface area contributed by atoms with Crippen LogP contribution in [0.2, 0.25) is 0 Å². The van der Waals surface area contributed by atoms with Gasteiger partial charge in [0, 0.05) is 20.1 Å². The van der Waals surface area contributed by atoms with Gasteiger partial charge in [0.25, 0.3) is 0 Å². The third kappa shape index (κ3) is 4.85. The third-order valence-corrected chi connectivity index (χ3v) is 1.52. The minimum Gasteiger partial charge on any atom is -0.344 e. The molecule has 0 atom stereocenters. The fourth-order valence-electron chi connectivity index (χ4n) is 0.752. The van der Waals surface area contributed by atoms with Crippen molar-refractivity contribution in [1.82, 2.24) is 10.2 Å². The molecule has 0 unspecified atom stereocenters. The SMILES string of the molecule is CNCCN(C)C(=O)CC(C)=O. The highest BCUT2D eigenvalue weighted by molar-refractivity contribution is 5.96. The van der Waals surface area contributed by atoms with E-state index in [1.165, 1.54) is 6.92 Å². The summed E-state index contributed by atoms with van der Waals surface area (Å²) in [6, 6.07) is 0. The van der Waals surface area contributed by atoms with Gasteiger partial charge in [-0.25, -0.2) is 0 Å². The van der Waals surface area contributed by atoms with Crippen LogP contribution in [0.5, 0.6) is 0 Å². The Kier molecular flexibility index (Phi) is 5.28. The van der Waals surface area contributed by atoms with Crippen LogP contribution in [0.25, 0.3) is 0 Å². The van der Waals surface area contributed by atoms with Gasteiger partial charge in [-0.3, -0.25) is 9.59 Å². The topological polar surface area (TPSA) is 49.4 Å². The number of likely N-dealkylation sites (N-methyl/N-ethyl adjacent to an activating group) is 2. The largest absolute Gasteiger partial charge is 0.344 e. The summed E-state index contributed by atoms with van der Waals surface area (Å²) in [6.45, 7) is 2.81. The monoisotopic (exact) mass is 172 g/mol. The summed E-state index contributed by atoms with van der Waals surface area (Å²) >= 11 is 0. The Morgan fingerprint density at radius 1 is 1.42 bits per heavy atom. The number of nitrogens with one attached hydrogen (secondary N) is 1. The van der Waals surface area contributed by atoms with Gasteiger partial charge in [-0.15, -0.1) is 0 Å². The van der Waals surface area contributed by atoms with E-state index in [2.05, 4.69) is 5.32 Å². The van der Waals surface area contributed by atoms with Crippen LogP contribution in [-0.4, -0.2) is 43.8 Å². The van der Waals surface area contributed by atoms with Gasteiger partial charge in [-0.1, -0.05) is 0 Å². The van der Waals surface area contributed by atoms with Crippen LogP contribution < -0.4 is 5.32 Å². The van der Waals surface area contributed by atoms with Crippen LogP contribution in [0.4, 0.5) is 0 Å². The van der Waals surface area contributed by atoms with Gasteiger partial charge >= 0.3 is 0 Å². The molecule has 0 aromatic heterocycles. The number of hydrogen-bond donors (Lipinski definition) is 1. The molecule has 0 rings (SSSR count). The van der Waals surface area contributed by atoms with Gasteiger partial charge in [0.1, 0.15) is 5.78 Å². The second-order valence-electron chi connectivity index (χ2n) is 2.80. The average Bonchev–Trinajstić information content (AvgIpc) is 1.98. The number of rotatable bonds is 5. The smallest absolute Gasteiger partial charge is 0.229 e. The molecule has 0 aliphatic rings. The summed E-state index contributed by atoms with van der Waals surface area (Å²) < 4.78 is 0. The van der Waals surface area contributed by atoms with Gasteiger partial charge in [0.2, 0.25) is 5.91 Å². The quantitative estimate of drug-likeness (QED) is 0.576. The van der Waals surface area contributed by atoms with Gasteiger partial charge in [0.05, 0.1) is 6.42 Å². The lowest BCUT2D eigenvalue weighted by molar-refractivity contribution is -0.133. The molecule has 0 heterocycles. The molecule has 1 amide bonds. The van der Waals surface area contributed by atoms with E-state index in [9.17, 15) is 9.59 Å². The molecule has 0 aromatic carbocycles. The van der Waals surface area contributed by atoms with E-state index < -0.39 is 0 Å². The highest BCUT2D eigenvalue weighted by Gasteiger charge is 2.09. The lowest BCUT2D eigenvalue weighted by Crippen LogP contribution is -2.33. The van der Waals surface area contributed by atoms with Gasteiger partial charge in [-0.05, 0) is 14.0 Å². The van der Waals surface area contributed by atoms with Gasteiger partial charge < -0.3 is 10.2 Å². The van der Waals surface area contributed by atoms with Gasteiger partial charge in [0.15, 0.2) is 0 Å². The molecule has 0 saturated carbocycles. The minimum absolute atomic E-state index is 0.0141. The predicted molar refractivity (Wildman–Crippen MR) is 46.9 cm³/mol. The van der Waals surface area contributed by atoms with Crippen molar-refractivity contribution < 1.29 is 9.59 Å². The Labute approximate surface area is 72.9 Å². The first-order valence-electron chi connectivity index (χ1n) is 3.96. The summed E-state index contributed by atoms with van der Waals surface area (Å²) in [5.41, 5.74) is 0. The minimum atomic E-state index is -0.113. The van der Waals surface area contributed by atoms with E-state index in [-0.39, 0.29) is 18.1 Å². The molecule has 0 aromatic rings. The summed E-state index contributed by atoms with van der Waals surface area (Å²) in [5.74, 6) is -0.200. The van der Waals surface area contributed by atoms with E-state index in [0.29, 0.717) is 6.54 Å². The first-order valence-corrected chi connectivity index (χ1v) is 3.96. The van der Waals surface area contributed by atoms with E-state index in [1.807, 2.05) is 7.05 Å². The first kappa shape index (κ1) is 11.1. The molecule has 0 bridgehead atoms. The molecule has 70 valence electrons. The number of carbonyl (C=O) groups is 2. The predicted octanol–water partition coefficient (Wildman–Crippen LogP) is -0.357. The van der Waals surface area contributed by atoms with E-state index in [1.54, 1.807) is 11.9 Å². The van der Waals surface area contributed by atoms with Crippen molar-refractivity contribution in [3.63, 3.8) is 0 Å². The number of amides is 1. The zero-order valence-electron chi connectivity index (χ0n) is 7.89. The van der Waals surface area contributed by atoms with Gasteiger partial charge in [-0.2, -0.15) is 0 Å². The molecular formula is C8H16N2O2. The molecule has 1 N–H and O–H groups in total. The third-order valence-electron chi connectivity index (χ3n) is 1.52. The van der Waals surface area contributed by atoms with Crippen molar-refractivity contribution >= 4 is 11.7 Å². The average molecular weight is 172 g/mol. The summed E-state index contributed by atoms with van der Waals surface area (Å²) in [5, 5.41) is 2.93. The zero-order chi connectivity index (χ0) is 9.56. The van der Waals surface area contributed by atoms with Crippen molar-refractivity contribution in [3.05, 3.63) is 0 Å². The second-order valence-corrected chi connectivity index (χ2v) is 2.80. The zero-order valence-corrected chi connectivity index (χ0v) is 7.89. The van der Waals surface area contributed by atoms with Crippen molar-refractivity contribution in [3.8, 4) is 0 Å². The lowest BCUT2D eigenvalue weighted by Gasteiger charge is -2.15. The molecule has 0 saturated heterocycles. The van der Waals surface area contributed by atoms with Crippen molar-refractivity contribution in [2.75, 3.05) is 27.2 Å². The lowest BCUT2D eigenvalue weighted by atomic mass is 10.3. The Bertz CT molecular complexity index is 168. The van der Waals surface area contributed by atoms with Crippen LogP contribution in [0.15, 0.2) is 0 Å². The van der Waals surface area contributed by atoms with Crippen molar-refractivity contribution in [1.29, 1.82) is 0 Å². The highest BCUT2D eigenvalue weighted by atomic mass is 16.2. The highest BCUT2D eigenvalue weighted by Crippen LogP contribution is 1.90. The fraction of sp³-hybridized carbons (Fsp3) is 0.750. The Hall–Kier alpha value is -0.900. The van der Waals surface area contributed by atoms with Crippen molar-refractivity contribution in [2.45, 2.75) is 13.3 Å². The van der Waals surface area contributed by atoms with Crippen molar-refractivity contribution in [2.24, 2.45) is 0 Å². The normalized spacial score (nSPS) is 9.58. The Morgan fingerprint density at radius 3 is 2.42 bits per heavy atom. The van der Waals surface area contributed by atoms with Crippen LogP contribution >= 0.6 is 0 Å². The van der Waals surface area contributed by atoms with Crippen LogP contribution in [-0.2, 0) is 9.59 Å². The van der Waals surface area contributed by atoms with E-state index >= 15 is 0 Å².